The van der Waals surface area contributed by atoms with E-state index < -0.39 is 22.4 Å². The van der Waals surface area contributed by atoms with Gasteiger partial charge in [0.1, 0.15) is 0 Å². The summed E-state index contributed by atoms with van der Waals surface area (Å²) in [4.78, 5) is 20.1. The Morgan fingerprint density at radius 2 is 1.86 bits per heavy atom. The van der Waals surface area contributed by atoms with Crippen LogP contribution >= 0.6 is 0 Å². The summed E-state index contributed by atoms with van der Waals surface area (Å²) >= 11 is 0. The van der Waals surface area contributed by atoms with E-state index in [9.17, 15) is 22.0 Å². The zero-order chi connectivity index (χ0) is 20.3. The monoisotopic (exact) mass is 407 g/mol. The number of halogens is 2. The second kappa shape index (κ2) is 7.80. The van der Waals surface area contributed by atoms with Gasteiger partial charge in [0, 0.05) is 18.0 Å². The predicted molar refractivity (Wildman–Crippen MR) is 94.1 cm³/mol. The van der Waals surface area contributed by atoms with Crippen LogP contribution in [0.15, 0.2) is 53.8 Å². The Bertz CT molecular complexity index is 1080. The summed E-state index contributed by atoms with van der Waals surface area (Å²) in [5, 5.41) is 6.34. The highest BCUT2D eigenvalue weighted by atomic mass is 32.2. The highest BCUT2D eigenvalue weighted by Gasteiger charge is 2.21. The van der Waals surface area contributed by atoms with E-state index in [1.165, 1.54) is 12.3 Å². The highest BCUT2D eigenvalue weighted by molar-refractivity contribution is 7.89. The van der Waals surface area contributed by atoms with E-state index in [0.717, 1.165) is 36.2 Å². The molecule has 146 valence electrons. The van der Waals surface area contributed by atoms with E-state index in [1.807, 2.05) is 0 Å². The molecule has 0 radical (unpaired) electrons. The Kier molecular flexibility index (Phi) is 5.45. The first kappa shape index (κ1) is 19.5. The third-order valence-electron chi connectivity index (χ3n) is 3.74. The average molecular weight is 407 g/mol. The number of aromatic nitrogens is 4. The lowest BCUT2D eigenvalue weighted by atomic mass is 10.2. The van der Waals surface area contributed by atoms with Gasteiger partial charge in [0.2, 0.25) is 0 Å². The highest BCUT2D eigenvalue weighted by Crippen LogP contribution is 2.21. The lowest BCUT2D eigenvalue weighted by Gasteiger charge is -2.06. The zero-order valence-corrected chi connectivity index (χ0v) is 15.4. The van der Waals surface area contributed by atoms with Gasteiger partial charge in [-0.1, -0.05) is 12.1 Å². The minimum absolute atomic E-state index is 0.0980. The van der Waals surface area contributed by atoms with Gasteiger partial charge in [-0.2, -0.15) is 17.6 Å². The molecular weight excluding hydrogens is 392 g/mol. The molecule has 0 spiro atoms. The van der Waals surface area contributed by atoms with Crippen molar-refractivity contribution in [2.45, 2.75) is 24.8 Å². The molecule has 2 heterocycles. The summed E-state index contributed by atoms with van der Waals surface area (Å²) < 4.78 is 50.9. The lowest BCUT2D eigenvalue weighted by molar-refractivity contribution is 0.0945. The number of benzene rings is 1. The lowest BCUT2D eigenvalue weighted by Crippen LogP contribution is -2.24. The maximum atomic E-state index is 12.6. The van der Waals surface area contributed by atoms with Crippen LogP contribution in [0.4, 0.5) is 8.78 Å². The normalized spacial score (nSPS) is 11.6. The van der Waals surface area contributed by atoms with Crippen LogP contribution in [-0.4, -0.2) is 33.5 Å². The Morgan fingerprint density at radius 1 is 1.14 bits per heavy atom. The van der Waals surface area contributed by atoms with Gasteiger partial charge >= 0.3 is 0 Å². The van der Waals surface area contributed by atoms with Crippen molar-refractivity contribution in [3.63, 3.8) is 0 Å². The fourth-order valence-electron chi connectivity index (χ4n) is 2.23. The number of hydrogen-bond acceptors (Lipinski definition) is 6. The molecule has 0 aliphatic heterocycles. The van der Waals surface area contributed by atoms with Crippen LogP contribution in [-0.2, 0) is 16.6 Å². The van der Waals surface area contributed by atoms with Crippen LogP contribution in [0.1, 0.15) is 33.9 Å². The van der Waals surface area contributed by atoms with Crippen LogP contribution < -0.4 is 5.32 Å². The van der Waals surface area contributed by atoms with Crippen LogP contribution in [0, 0.1) is 6.92 Å². The second-order valence-corrected chi connectivity index (χ2v) is 7.58. The smallest absolute Gasteiger partial charge is 0.282 e. The summed E-state index contributed by atoms with van der Waals surface area (Å²) in [6.45, 7) is 1.88. The van der Waals surface area contributed by atoms with Crippen molar-refractivity contribution in [1.82, 2.24) is 24.5 Å². The van der Waals surface area contributed by atoms with E-state index in [-0.39, 0.29) is 22.7 Å². The molecule has 1 aromatic carbocycles. The van der Waals surface area contributed by atoms with E-state index in [1.54, 1.807) is 13.1 Å². The van der Waals surface area contributed by atoms with Crippen molar-refractivity contribution in [3.05, 3.63) is 71.6 Å². The molecule has 3 aromatic rings. The molecule has 28 heavy (non-hydrogen) atoms. The first-order chi connectivity index (χ1) is 13.3. The Balaban J connectivity index is 1.72. The summed E-state index contributed by atoms with van der Waals surface area (Å²) in [7, 11) is -4.11. The fraction of sp³-hybridized carbons (Fsp3) is 0.176. The first-order valence-electron chi connectivity index (χ1n) is 8.02. The van der Waals surface area contributed by atoms with Gasteiger partial charge in [0.05, 0.1) is 29.0 Å². The van der Waals surface area contributed by atoms with Gasteiger partial charge in [-0.3, -0.25) is 14.8 Å². The maximum absolute atomic E-state index is 12.6. The molecule has 0 saturated carbocycles. The Labute approximate surface area is 159 Å². The molecule has 8 nitrogen and oxygen atoms in total. The summed E-state index contributed by atoms with van der Waals surface area (Å²) in [6, 6.07) is 5.42. The Hall–Kier alpha value is -3.21. The molecule has 0 bridgehead atoms. The van der Waals surface area contributed by atoms with Crippen molar-refractivity contribution in [1.29, 1.82) is 0 Å². The van der Waals surface area contributed by atoms with Gasteiger partial charge in [-0.05, 0) is 25.1 Å². The fourth-order valence-corrected chi connectivity index (χ4v) is 3.34. The molecule has 0 aliphatic carbocycles. The summed E-state index contributed by atoms with van der Waals surface area (Å²) in [6.07, 6.45) is 1.48. The zero-order valence-electron chi connectivity index (χ0n) is 14.6. The standard InChI is InChI=1S/C17H15F2N5O3S/c1-11-8-21-13(9-20-11)10-22-17(25)15-6-7-24(23-15)28(26,27)14-4-2-12(3-5-14)16(18)19/h2-9,16H,10H2,1H3,(H,22,25). The van der Waals surface area contributed by atoms with Crippen molar-refractivity contribution in [2.75, 3.05) is 0 Å². The third-order valence-corrected chi connectivity index (χ3v) is 5.30. The molecule has 1 N–H and O–H groups in total. The molecule has 0 atom stereocenters. The molecular formula is C17H15F2N5O3S. The first-order valence-corrected chi connectivity index (χ1v) is 9.46. The van der Waals surface area contributed by atoms with Gasteiger partial charge < -0.3 is 5.32 Å². The number of nitrogens with one attached hydrogen (secondary N) is 1. The molecule has 0 saturated heterocycles. The van der Waals surface area contributed by atoms with E-state index in [2.05, 4.69) is 20.4 Å². The quantitative estimate of drug-likeness (QED) is 0.671. The topological polar surface area (TPSA) is 107 Å². The molecule has 0 fully saturated rings. The number of amides is 1. The third kappa shape index (κ3) is 4.19. The molecule has 2 aromatic heterocycles. The SMILES string of the molecule is Cc1cnc(CNC(=O)c2ccn(S(=O)(=O)c3ccc(C(F)F)cc3)n2)cn1. The average Bonchev–Trinajstić information content (AvgIpc) is 3.18. The van der Waals surface area contributed by atoms with Gasteiger partial charge in [-0.15, -0.1) is 0 Å². The Morgan fingerprint density at radius 3 is 2.46 bits per heavy atom. The second-order valence-electron chi connectivity index (χ2n) is 5.78. The van der Waals surface area contributed by atoms with E-state index in [4.69, 9.17) is 0 Å². The van der Waals surface area contributed by atoms with Crippen molar-refractivity contribution in [2.24, 2.45) is 0 Å². The molecule has 0 aliphatic rings. The van der Waals surface area contributed by atoms with Crippen molar-refractivity contribution >= 4 is 15.9 Å². The van der Waals surface area contributed by atoms with Crippen LogP contribution in [0.25, 0.3) is 0 Å². The summed E-state index contributed by atoms with van der Waals surface area (Å²) in [5.41, 5.74) is 0.859. The minimum Gasteiger partial charge on any atom is -0.345 e. The number of alkyl halides is 2. The minimum atomic E-state index is -4.11. The molecule has 11 heteroatoms. The van der Waals surface area contributed by atoms with Gasteiger partial charge in [0.25, 0.3) is 22.4 Å². The molecule has 1 amide bonds. The molecule has 0 unspecified atom stereocenters. The van der Waals surface area contributed by atoms with E-state index in [0.29, 0.717) is 9.78 Å². The number of carbonyl (C=O) groups is 1. The van der Waals surface area contributed by atoms with Crippen molar-refractivity contribution < 1.29 is 22.0 Å². The van der Waals surface area contributed by atoms with Crippen LogP contribution in [0.5, 0.6) is 0 Å². The van der Waals surface area contributed by atoms with E-state index >= 15 is 0 Å². The number of nitrogens with zero attached hydrogens (tertiary/aromatic N) is 4. The maximum Gasteiger partial charge on any atom is 0.282 e. The van der Waals surface area contributed by atoms with Crippen LogP contribution in [0.2, 0.25) is 0 Å². The number of hydrogen-bond donors (Lipinski definition) is 1. The molecule has 3 rings (SSSR count). The van der Waals surface area contributed by atoms with Gasteiger partial charge in [0.15, 0.2) is 5.69 Å². The van der Waals surface area contributed by atoms with Crippen molar-refractivity contribution in [3.8, 4) is 0 Å². The number of rotatable bonds is 6. The van der Waals surface area contributed by atoms with Gasteiger partial charge in [-0.25, -0.2) is 8.78 Å². The van der Waals surface area contributed by atoms with Crippen LogP contribution in [0.3, 0.4) is 0 Å². The number of carbonyl (C=O) groups excluding carboxylic acids is 1. The predicted octanol–water partition coefficient (Wildman–Crippen LogP) is 2.09. The number of aryl methyl sites for hydroxylation is 1. The summed E-state index contributed by atoms with van der Waals surface area (Å²) in [5.74, 6) is -0.593. The largest absolute Gasteiger partial charge is 0.345 e.